The number of H-pyrrole nitrogens is 1. The number of benzene rings is 1. The van der Waals surface area contributed by atoms with Crippen LogP contribution in [-0.2, 0) is 0 Å². The molecular weight excluding hydrogens is 481 g/mol. The molecule has 0 bridgehead atoms. The van der Waals surface area contributed by atoms with Gasteiger partial charge in [0.1, 0.15) is 5.75 Å². The highest BCUT2D eigenvalue weighted by molar-refractivity contribution is 7.22. The van der Waals surface area contributed by atoms with Crippen molar-refractivity contribution >= 4 is 51.6 Å². The number of rotatable bonds is 3. The average molecular weight is 506 g/mol. The normalized spacial score (nSPS) is 17.4. The van der Waals surface area contributed by atoms with Crippen LogP contribution in [0.1, 0.15) is 19.3 Å². The van der Waals surface area contributed by atoms with Gasteiger partial charge in [-0.2, -0.15) is 10.1 Å². The molecule has 2 aliphatic heterocycles. The van der Waals surface area contributed by atoms with Crippen LogP contribution < -0.4 is 4.90 Å². The van der Waals surface area contributed by atoms with Gasteiger partial charge in [0, 0.05) is 42.5 Å². The molecule has 6 rings (SSSR count). The Bertz CT molecular complexity index is 1260. The number of thiazole rings is 1. The van der Waals surface area contributed by atoms with Crippen LogP contribution in [0.2, 0.25) is 0 Å². The third kappa shape index (κ3) is 4.03. The second-order valence-corrected chi connectivity index (χ2v) is 9.57. The molecule has 0 saturated carbocycles. The summed E-state index contributed by atoms with van der Waals surface area (Å²) < 4.78 is 0.994. The Morgan fingerprint density at radius 3 is 2.48 bits per heavy atom. The third-order valence-electron chi connectivity index (χ3n) is 6.77. The first-order valence-corrected chi connectivity index (χ1v) is 11.4. The standard InChI is InChI=1S/C22H23N7OS.2ClH/c1-28-7-4-22(5-8-28)6-9-29(22)21-25-20-19(31-21)11-17(26-27-20)16-3-2-14(10-18(16)30)15-12-23-24-13-15;;/h2-3,10-13,30H,4-9H2,1H3,(H,23,24);2*1H. The van der Waals surface area contributed by atoms with Gasteiger partial charge in [-0.15, -0.1) is 35.0 Å². The van der Waals surface area contributed by atoms with E-state index in [1.54, 1.807) is 29.8 Å². The Morgan fingerprint density at radius 2 is 1.82 bits per heavy atom. The number of piperidine rings is 1. The van der Waals surface area contributed by atoms with E-state index in [-0.39, 0.29) is 36.1 Å². The minimum Gasteiger partial charge on any atom is -0.507 e. The second-order valence-electron chi connectivity index (χ2n) is 8.56. The van der Waals surface area contributed by atoms with Crippen molar-refractivity contribution in [2.24, 2.45) is 0 Å². The van der Waals surface area contributed by atoms with Crippen LogP contribution in [0.3, 0.4) is 0 Å². The van der Waals surface area contributed by atoms with E-state index in [2.05, 4.69) is 37.2 Å². The molecule has 0 aliphatic carbocycles. The Kier molecular flexibility index (Phi) is 6.50. The molecule has 3 aromatic heterocycles. The van der Waals surface area contributed by atoms with Crippen LogP contribution in [0.4, 0.5) is 5.13 Å². The molecule has 0 radical (unpaired) electrons. The summed E-state index contributed by atoms with van der Waals surface area (Å²) in [7, 11) is 2.20. The van der Waals surface area contributed by atoms with Crippen LogP contribution >= 0.6 is 36.2 Å². The van der Waals surface area contributed by atoms with E-state index in [0.717, 1.165) is 40.6 Å². The number of halogens is 2. The summed E-state index contributed by atoms with van der Waals surface area (Å²) in [5.74, 6) is 0.171. The van der Waals surface area contributed by atoms with Gasteiger partial charge in [-0.3, -0.25) is 5.10 Å². The Morgan fingerprint density at radius 1 is 1.03 bits per heavy atom. The quantitative estimate of drug-likeness (QED) is 0.426. The van der Waals surface area contributed by atoms with Gasteiger partial charge in [0.25, 0.3) is 0 Å². The lowest BCUT2D eigenvalue weighted by atomic mass is 9.77. The van der Waals surface area contributed by atoms with Crippen molar-refractivity contribution in [2.45, 2.75) is 24.8 Å². The highest BCUT2D eigenvalue weighted by Gasteiger charge is 2.47. The summed E-state index contributed by atoms with van der Waals surface area (Å²) in [6.45, 7) is 3.33. The molecule has 1 spiro atoms. The maximum absolute atomic E-state index is 10.6. The van der Waals surface area contributed by atoms with Gasteiger partial charge in [-0.25, -0.2) is 0 Å². The molecule has 0 atom stereocenters. The first kappa shape index (κ1) is 23.7. The van der Waals surface area contributed by atoms with E-state index in [1.165, 1.54) is 19.3 Å². The largest absolute Gasteiger partial charge is 0.507 e. The van der Waals surface area contributed by atoms with E-state index in [1.807, 2.05) is 18.2 Å². The maximum atomic E-state index is 10.6. The Balaban J connectivity index is 0.00000130. The van der Waals surface area contributed by atoms with Crippen LogP contribution in [0, 0.1) is 0 Å². The lowest BCUT2D eigenvalue weighted by Gasteiger charge is -2.56. The molecule has 8 nitrogen and oxygen atoms in total. The first-order valence-electron chi connectivity index (χ1n) is 10.5. The number of nitrogens with one attached hydrogen (secondary N) is 1. The van der Waals surface area contributed by atoms with E-state index >= 15 is 0 Å². The molecule has 11 heteroatoms. The fraction of sp³-hybridized carbons (Fsp3) is 0.364. The highest BCUT2D eigenvalue weighted by Crippen LogP contribution is 2.45. The van der Waals surface area contributed by atoms with Crippen LogP contribution in [0.5, 0.6) is 5.75 Å². The summed E-state index contributed by atoms with van der Waals surface area (Å²) in [6.07, 6.45) is 7.14. The van der Waals surface area contributed by atoms with Crippen molar-refractivity contribution in [1.82, 2.24) is 30.3 Å². The number of phenols is 1. The minimum atomic E-state index is 0. The number of hydrogen-bond donors (Lipinski definition) is 2. The summed E-state index contributed by atoms with van der Waals surface area (Å²) in [5, 5.41) is 27.1. The van der Waals surface area contributed by atoms with Gasteiger partial charge in [-0.05, 0) is 50.1 Å². The number of aromatic nitrogens is 5. The summed E-state index contributed by atoms with van der Waals surface area (Å²) in [6, 6.07) is 7.54. The summed E-state index contributed by atoms with van der Waals surface area (Å²) in [5.41, 5.74) is 4.06. The molecule has 0 unspecified atom stereocenters. The van der Waals surface area contributed by atoms with Gasteiger partial charge in [0.15, 0.2) is 10.8 Å². The number of likely N-dealkylation sites (tertiary alicyclic amines) is 1. The molecule has 2 aliphatic rings. The highest BCUT2D eigenvalue weighted by atomic mass is 35.5. The SMILES string of the molecule is CN1CCC2(CC1)CCN2c1nc2nnc(-c3ccc(-c4cn[nH]c4)cc3O)cc2s1.Cl.Cl. The minimum absolute atomic E-state index is 0. The number of phenolic OH excluding ortho intramolecular Hbond substituents is 1. The topological polar surface area (TPSA) is 94.1 Å². The average Bonchev–Trinajstić information content (AvgIpc) is 3.43. The zero-order valence-electron chi connectivity index (χ0n) is 18.1. The van der Waals surface area contributed by atoms with E-state index in [0.29, 0.717) is 16.9 Å². The predicted molar refractivity (Wildman–Crippen MR) is 136 cm³/mol. The number of hydrogen-bond acceptors (Lipinski definition) is 8. The van der Waals surface area contributed by atoms with Crippen LogP contribution in [0.25, 0.3) is 32.7 Å². The monoisotopic (exact) mass is 505 g/mol. The van der Waals surface area contributed by atoms with Gasteiger partial charge >= 0.3 is 0 Å². The van der Waals surface area contributed by atoms with E-state index < -0.39 is 0 Å². The Labute approximate surface area is 207 Å². The molecule has 0 amide bonds. The zero-order chi connectivity index (χ0) is 21.0. The van der Waals surface area contributed by atoms with E-state index in [4.69, 9.17) is 4.98 Å². The van der Waals surface area contributed by atoms with Crippen molar-refractivity contribution in [3.8, 4) is 28.1 Å². The third-order valence-corrected chi connectivity index (χ3v) is 7.79. The van der Waals surface area contributed by atoms with Gasteiger partial charge in [0.05, 0.1) is 16.6 Å². The van der Waals surface area contributed by atoms with Crippen molar-refractivity contribution in [1.29, 1.82) is 0 Å². The number of nitrogens with zero attached hydrogens (tertiary/aromatic N) is 6. The fourth-order valence-corrected chi connectivity index (χ4v) is 5.78. The summed E-state index contributed by atoms with van der Waals surface area (Å²) in [4.78, 5) is 9.67. The fourth-order valence-electron chi connectivity index (χ4n) is 4.71. The molecule has 2 saturated heterocycles. The van der Waals surface area contributed by atoms with Crippen molar-refractivity contribution < 1.29 is 5.11 Å². The number of fused-ring (bicyclic) bond motifs is 1. The second kappa shape index (κ2) is 9.06. The molecule has 33 heavy (non-hydrogen) atoms. The van der Waals surface area contributed by atoms with Gasteiger partial charge in [-0.1, -0.05) is 17.4 Å². The molecule has 5 heterocycles. The maximum Gasteiger partial charge on any atom is 0.194 e. The smallest absolute Gasteiger partial charge is 0.194 e. The van der Waals surface area contributed by atoms with Crippen LogP contribution in [-0.4, -0.2) is 67.6 Å². The first-order chi connectivity index (χ1) is 15.1. The molecule has 2 N–H and O–H groups in total. The van der Waals surface area contributed by atoms with Crippen LogP contribution in [0.15, 0.2) is 36.7 Å². The number of aromatic amines is 1. The van der Waals surface area contributed by atoms with Crippen molar-refractivity contribution in [3.05, 3.63) is 36.7 Å². The lowest BCUT2D eigenvalue weighted by Crippen LogP contribution is -2.64. The zero-order valence-corrected chi connectivity index (χ0v) is 20.5. The number of anilines is 1. The Hall–Kier alpha value is -2.46. The predicted octanol–water partition coefficient (Wildman–Crippen LogP) is 4.37. The molecule has 1 aromatic carbocycles. The van der Waals surface area contributed by atoms with Crippen molar-refractivity contribution in [3.63, 3.8) is 0 Å². The van der Waals surface area contributed by atoms with E-state index in [9.17, 15) is 5.11 Å². The number of aromatic hydroxyl groups is 1. The van der Waals surface area contributed by atoms with Gasteiger partial charge < -0.3 is 14.9 Å². The summed E-state index contributed by atoms with van der Waals surface area (Å²) >= 11 is 1.67. The lowest BCUT2D eigenvalue weighted by molar-refractivity contribution is 0.135. The van der Waals surface area contributed by atoms with Gasteiger partial charge in [0.2, 0.25) is 0 Å². The molecule has 174 valence electrons. The van der Waals surface area contributed by atoms with Crippen molar-refractivity contribution in [2.75, 3.05) is 31.6 Å². The molecule has 4 aromatic rings. The molecule has 2 fully saturated rings. The molecular formula is C22H25Cl2N7OS.